The van der Waals surface area contributed by atoms with E-state index in [0.717, 1.165) is 57.6 Å². The lowest BCUT2D eigenvalue weighted by molar-refractivity contribution is -0.130. The van der Waals surface area contributed by atoms with Crippen molar-refractivity contribution in [3.63, 3.8) is 0 Å². The first kappa shape index (κ1) is 25.4. The molecule has 4 amide bonds. The van der Waals surface area contributed by atoms with Gasteiger partial charge in [-0.25, -0.2) is 13.6 Å². The van der Waals surface area contributed by atoms with Crippen LogP contribution in [0, 0.1) is 24.0 Å². The zero-order valence-electron chi connectivity index (χ0n) is 20.7. The van der Waals surface area contributed by atoms with E-state index in [1.165, 1.54) is 13.0 Å². The summed E-state index contributed by atoms with van der Waals surface area (Å²) in [4.78, 5) is 40.4. The van der Waals surface area contributed by atoms with E-state index in [9.17, 15) is 23.2 Å². The Balaban J connectivity index is 1.20. The fourth-order valence-electron chi connectivity index (χ4n) is 5.69. The minimum atomic E-state index is -0.824. The molecule has 1 spiro atoms. The summed E-state index contributed by atoms with van der Waals surface area (Å²) < 4.78 is 28.6. The van der Waals surface area contributed by atoms with Crippen molar-refractivity contribution in [3.05, 3.63) is 34.9 Å². The standard InChI is InChI=1S/C26H36F2N4O3/c1-17-8-9-19(27)22(23(17)28)24(34)31-13-10-26(11-14-31)12-15-32(16-26)21(33)7-5-3-4-6-20-18(2)29-25(35)30-20/h8-9,18,20H,3-7,10-16H2,1-2H3,(H2,29,30,35)/t18-,20+/m0/s1. The number of aryl methyl sites for hydroxylation is 1. The molecule has 0 saturated carbocycles. The predicted octanol–water partition coefficient (Wildman–Crippen LogP) is 3.75. The average molecular weight is 491 g/mol. The van der Waals surface area contributed by atoms with E-state index in [2.05, 4.69) is 10.6 Å². The third-order valence-corrected chi connectivity index (χ3v) is 8.08. The van der Waals surface area contributed by atoms with Crippen molar-refractivity contribution >= 4 is 17.8 Å². The van der Waals surface area contributed by atoms with Gasteiger partial charge in [-0.2, -0.15) is 0 Å². The SMILES string of the molecule is Cc1ccc(F)c(C(=O)N2CCC3(CCN(C(=O)CCCCC[C@H]4NC(=O)N[C@H]4C)C3)CC2)c1F. The number of hydrogen-bond acceptors (Lipinski definition) is 3. The number of likely N-dealkylation sites (tertiary alicyclic amines) is 2. The molecular formula is C26H36F2N4O3. The van der Waals surface area contributed by atoms with Crippen molar-refractivity contribution in [2.75, 3.05) is 26.2 Å². The van der Waals surface area contributed by atoms with Gasteiger partial charge in [0, 0.05) is 38.6 Å². The van der Waals surface area contributed by atoms with Gasteiger partial charge >= 0.3 is 6.03 Å². The van der Waals surface area contributed by atoms with Crippen molar-refractivity contribution in [2.24, 2.45) is 5.41 Å². The lowest BCUT2D eigenvalue weighted by atomic mass is 9.77. The van der Waals surface area contributed by atoms with Crippen molar-refractivity contribution in [2.45, 2.75) is 77.3 Å². The highest BCUT2D eigenvalue weighted by Crippen LogP contribution is 2.41. The monoisotopic (exact) mass is 490 g/mol. The molecule has 3 saturated heterocycles. The van der Waals surface area contributed by atoms with Gasteiger partial charge in [0.15, 0.2) is 0 Å². The quantitative estimate of drug-likeness (QED) is 0.572. The zero-order valence-corrected chi connectivity index (χ0v) is 20.7. The highest BCUT2D eigenvalue weighted by atomic mass is 19.1. The molecule has 3 aliphatic heterocycles. The molecule has 35 heavy (non-hydrogen) atoms. The van der Waals surface area contributed by atoms with Crippen LogP contribution >= 0.6 is 0 Å². The first-order chi connectivity index (χ1) is 16.7. The fraction of sp³-hybridized carbons (Fsp3) is 0.654. The van der Waals surface area contributed by atoms with Crippen LogP contribution in [0.4, 0.5) is 13.6 Å². The lowest BCUT2D eigenvalue weighted by Crippen LogP contribution is -2.45. The molecule has 7 nitrogen and oxygen atoms in total. The van der Waals surface area contributed by atoms with Gasteiger partial charge in [0.05, 0.1) is 6.04 Å². The Bertz CT molecular complexity index is 978. The number of rotatable bonds is 7. The van der Waals surface area contributed by atoms with Gasteiger partial charge in [0.25, 0.3) is 5.91 Å². The Morgan fingerprint density at radius 1 is 1.03 bits per heavy atom. The number of nitrogens with zero attached hydrogens (tertiary/aromatic N) is 2. The van der Waals surface area contributed by atoms with Crippen molar-refractivity contribution < 1.29 is 23.2 Å². The summed E-state index contributed by atoms with van der Waals surface area (Å²) in [6.45, 7) is 5.82. The number of hydrogen-bond donors (Lipinski definition) is 2. The van der Waals surface area contributed by atoms with Crippen LogP contribution in [-0.4, -0.2) is 65.9 Å². The second-order valence-electron chi connectivity index (χ2n) is 10.5. The summed E-state index contributed by atoms with van der Waals surface area (Å²) in [6, 6.07) is 2.67. The normalized spacial score (nSPS) is 23.5. The van der Waals surface area contributed by atoms with Gasteiger partial charge in [0.2, 0.25) is 5.91 Å². The Morgan fingerprint density at radius 3 is 2.37 bits per heavy atom. The van der Waals surface area contributed by atoms with E-state index >= 15 is 0 Å². The molecule has 0 unspecified atom stereocenters. The van der Waals surface area contributed by atoms with Crippen molar-refractivity contribution in [1.29, 1.82) is 0 Å². The molecule has 4 rings (SSSR count). The number of benzene rings is 1. The summed E-state index contributed by atoms with van der Waals surface area (Å²) in [5.74, 6) is -2.03. The molecule has 2 atom stereocenters. The second kappa shape index (κ2) is 10.5. The minimum absolute atomic E-state index is 0.0139. The maximum atomic E-state index is 14.4. The predicted molar refractivity (Wildman–Crippen MR) is 128 cm³/mol. The van der Waals surface area contributed by atoms with Crippen LogP contribution in [0.2, 0.25) is 0 Å². The summed E-state index contributed by atoms with van der Waals surface area (Å²) in [5.41, 5.74) is -0.227. The van der Waals surface area contributed by atoms with Gasteiger partial charge in [-0.15, -0.1) is 0 Å². The Hall–Kier alpha value is -2.71. The smallest absolute Gasteiger partial charge is 0.315 e. The number of nitrogens with one attached hydrogen (secondary N) is 2. The van der Waals surface area contributed by atoms with Crippen molar-refractivity contribution in [1.82, 2.24) is 20.4 Å². The minimum Gasteiger partial charge on any atom is -0.342 e. The van der Waals surface area contributed by atoms with E-state index in [-0.39, 0.29) is 35.0 Å². The van der Waals surface area contributed by atoms with E-state index in [4.69, 9.17) is 0 Å². The Morgan fingerprint density at radius 2 is 1.71 bits per heavy atom. The maximum Gasteiger partial charge on any atom is 0.315 e. The third kappa shape index (κ3) is 5.59. The number of carbonyl (C=O) groups excluding carboxylic acids is 3. The van der Waals surface area contributed by atoms with Gasteiger partial charge < -0.3 is 20.4 Å². The maximum absolute atomic E-state index is 14.4. The summed E-state index contributed by atoms with van der Waals surface area (Å²) in [5, 5.41) is 5.77. The number of carbonyl (C=O) groups is 3. The van der Waals surface area contributed by atoms with Crippen LogP contribution < -0.4 is 10.6 Å². The molecular weight excluding hydrogens is 454 g/mol. The fourth-order valence-corrected chi connectivity index (χ4v) is 5.69. The number of amides is 4. The molecule has 3 heterocycles. The number of piperidine rings is 1. The summed E-state index contributed by atoms with van der Waals surface area (Å²) >= 11 is 0. The first-order valence-electron chi connectivity index (χ1n) is 12.8. The molecule has 1 aromatic rings. The van der Waals surface area contributed by atoms with E-state index in [1.807, 2.05) is 11.8 Å². The van der Waals surface area contributed by atoms with Crippen molar-refractivity contribution in [3.8, 4) is 0 Å². The van der Waals surface area contributed by atoms with Gasteiger partial charge in [-0.3, -0.25) is 9.59 Å². The number of unbranched alkanes of at least 4 members (excludes halogenated alkanes) is 2. The largest absolute Gasteiger partial charge is 0.342 e. The molecule has 9 heteroatoms. The zero-order chi connectivity index (χ0) is 25.2. The molecule has 0 radical (unpaired) electrons. The van der Waals surface area contributed by atoms with E-state index in [0.29, 0.717) is 26.1 Å². The Labute approximate surface area is 205 Å². The third-order valence-electron chi connectivity index (χ3n) is 8.08. The van der Waals surface area contributed by atoms with Gasteiger partial charge in [-0.1, -0.05) is 18.9 Å². The average Bonchev–Trinajstić information content (AvgIpc) is 3.39. The molecule has 3 fully saturated rings. The van der Waals surface area contributed by atoms with Crippen LogP contribution in [-0.2, 0) is 4.79 Å². The molecule has 1 aromatic carbocycles. The summed E-state index contributed by atoms with van der Waals surface area (Å²) in [7, 11) is 0. The highest BCUT2D eigenvalue weighted by molar-refractivity contribution is 5.95. The number of halogens is 2. The van der Waals surface area contributed by atoms with E-state index in [1.54, 1.807) is 4.90 Å². The highest BCUT2D eigenvalue weighted by Gasteiger charge is 2.43. The van der Waals surface area contributed by atoms with Gasteiger partial charge in [-0.05, 0) is 63.0 Å². The summed E-state index contributed by atoms with van der Waals surface area (Å²) in [6.07, 6.45) is 6.56. The topological polar surface area (TPSA) is 81.8 Å². The number of urea groups is 1. The van der Waals surface area contributed by atoms with Crippen LogP contribution in [0.1, 0.15) is 74.2 Å². The molecule has 0 bridgehead atoms. The van der Waals surface area contributed by atoms with Crippen LogP contribution in [0.15, 0.2) is 12.1 Å². The van der Waals surface area contributed by atoms with Crippen LogP contribution in [0.5, 0.6) is 0 Å². The molecule has 3 aliphatic rings. The molecule has 0 aliphatic carbocycles. The Kier molecular flexibility index (Phi) is 7.62. The second-order valence-corrected chi connectivity index (χ2v) is 10.5. The lowest BCUT2D eigenvalue weighted by Gasteiger charge is -2.39. The molecule has 2 N–H and O–H groups in total. The van der Waals surface area contributed by atoms with Crippen LogP contribution in [0.25, 0.3) is 0 Å². The molecule has 192 valence electrons. The van der Waals surface area contributed by atoms with Gasteiger partial charge in [0.1, 0.15) is 17.2 Å². The van der Waals surface area contributed by atoms with E-state index < -0.39 is 23.1 Å². The molecule has 0 aromatic heterocycles. The first-order valence-corrected chi connectivity index (χ1v) is 12.8. The van der Waals surface area contributed by atoms with Crippen LogP contribution in [0.3, 0.4) is 0 Å².